The minimum Gasteiger partial charge on any atom is -0.382 e. The summed E-state index contributed by atoms with van der Waals surface area (Å²) in [5, 5.41) is 4.52. The number of anilines is 1. The van der Waals surface area contributed by atoms with Gasteiger partial charge in [-0.05, 0) is 50.9 Å². The molecule has 1 saturated heterocycles. The molecule has 2 rings (SSSR count). The van der Waals surface area contributed by atoms with Gasteiger partial charge >= 0.3 is 0 Å². The number of hydrogen-bond acceptors (Lipinski definition) is 2. The molecule has 0 radical (unpaired) electrons. The SMILES string of the molecule is Cc1c(Cl)cccc1NC1CC(C)N(C)CC1C. The quantitative estimate of drug-likeness (QED) is 0.876. The summed E-state index contributed by atoms with van der Waals surface area (Å²) in [5.41, 5.74) is 2.33. The predicted octanol–water partition coefficient (Wildman–Crippen LogP) is 3.79. The highest BCUT2D eigenvalue weighted by Crippen LogP contribution is 2.28. The highest BCUT2D eigenvalue weighted by atomic mass is 35.5. The predicted molar refractivity (Wildman–Crippen MR) is 79.5 cm³/mol. The molecule has 100 valence electrons. The molecule has 1 aromatic carbocycles. The Morgan fingerprint density at radius 3 is 2.78 bits per heavy atom. The molecule has 3 heteroatoms. The minimum absolute atomic E-state index is 0.536. The normalized spacial score (nSPS) is 29.3. The van der Waals surface area contributed by atoms with Gasteiger partial charge < -0.3 is 10.2 Å². The van der Waals surface area contributed by atoms with E-state index in [-0.39, 0.29) is 0 Å². The molecule has 1 aliphatic rings. The maximum atomic E-state index is 6.17. The highest BCUT2D eigenvalue weighted by Gasteiger charge is 2.28. The van der Waals surface area contributed by atoms with Crippen molar-refractivity contribution in [3.8, 4) is 0 Å². The maximum absolute atomic E-state index is 6.17. The van der Waals surface area contributed by atoms with Crippen molar-refractivity contribution >= 4 is 17.3 Å². The summed E-state index contributed by atoms with van der Waals surface area (Å²) < 4.78 is 0. The number of halogens is 1. The topological polar surface area (TPSA) is 15.3 Å². The first-order valence-electron chi connectivity index (χ1n) is 6.71. The van der Waals surface area contributed by atoms with Crippen LogP contribution in [0.3, 0.4) is 0 Å². The van der Waals surface area contributed by atoms with Crippen molar-refractivity contribution < 1.29 is 0 Å². The van der Waals surface area contributed by atoms with Crippen LogP contribution in [0, 0.1) is 12.8 Å². The standard InChI is InChI=1S/C15H23ClN2/c1-10-9-18(4)11(2)8-15(10)17-14-7-5-6-13(16)12(14)3/h5-7,10-11,15,17H,8-9H2,1-4H3. The molecule has 18 heavy (non-hydrogen) atoms. The van der Waals surface area contributed by atoms with E-state index in [1.54, 1.807) is 0 Å². The molecule has 0 bridgehead atoms. The lowest BCUT2D eigenvalue weighted by Crippen LogP contribution is -2.48. The lowest BCUT2D eigenvalue weighted by molar-refractivity contribution is 0.145. The summed E-state index contributed by atoms with van der Waals surface area (Å²) in [6.45, 7) is 7.84. The van der Waals surface area contributed by atoms with E-state index < -0.39 is 0 Å². The van der Waals surface area contributed by atoms with Crippen molar-refractivity contribution in [2.45, 2.75) is 39.3 Å². The van der Waals surface area contributed by atoms with Crippen LogP contribution in [0.4, 0.5) is 5.69 Å². The molecule has 1 heterocycles. The average molecular weight is 267 g/mol. The van der Waals surface area contributed by atoms with Gasteiger partial charge in [0.05, 0.1) is 0 Å². The Bertz CT molecular complexity index is 419. The van der Waals surface area contributed by atoms with E-state index in [9.17, 15) is 0 Å². The van der Waals surface area contributed by atoms with Crippen molar-refractivity contribution in [2.75, 3.05) is 18.9 Å². The van der Waals surface area contributed by atoms with E-state index in [2.05, 4.69) is 44.1 Å². The monoisotopic (exact) mass is 266 g/mol. The average Bonchev–Trinajstić information content (AvgIpc) is 2.32. The zero-order chi connectivity index (χ0) is 13.3. The van der Waals surface area contributed by atoms with Crippen LogP contribution in [-0.2, 0) is 0 Å². The number of rotatable bonds is 2. The van der Waals surface area contributed by atoms with Crippen LogP contribution in [0.2, 0.25) is 5.02 Å². The molecule has 0 saturated carbocycles. The van der Waals surface area contributed by atoms with E-state index in [0.717, 1.165) is 17.1 Å². The molecule has 0 spiro atoms. The Morgan fingerprint density at radius 2 is 2.06 bits per heavy atom. The lowest BCUT2D eigenvalue weighted by atomic mass is 9.89. The summed E-state index contributed by atoms with van der Waals surface area (Å²) >= 11 is 6.17. The fourth-order valence-electron chi connectivity index (χ4n) is 2.71. The van der Waals surface area contributed by atoms with Crippen LogP contribution in [-0.4, -0.2) is 30.6 Å². The summed E-state index contributed by atoms with van der Waals surface area (Å²) in [7, 11) is 2.21. The van der Waals surface area contributed by atoms with E-state index in [0.29, 0.717) is 18.0 Å². The first kappa shape index (κ1) is 13.7. The van der Waals surface area contributed by atoms with Crippen LogP contribution in [0.5, 0.6) is 0 Å². The van der Waals surface area contributed by atoms with Gasteiger partial charge in [-0.2, -0.15) is 0 Å². The number of nitrogens with one attached hydrogen (secondary N) is 1. The Morgan fingerprint density at radius 1 is 1.33 bits per heavy atom. The molecule has 0 amide bonds. The maximum Gasteiger partial charge on any atom is 0.0455 e. The van der Waals surface area contributed by atoms with Crippen molar-refractivity contribution in [3.05, 3.63) is 28.8 Å². The van der Waals surface area contributed by atoms with Gasteiger partial charge in [-0.25, -0.2) is 0 Å². The zero-order valence-electron chi connectivity index (χ0n) is 11.7. The van der Waals surface area contributed by atoms with Crippen molar-refractivity contribution in [3.63, 3.8) is 0 Å². The van der Waals surface area contributed by atoms with Gasteiger partial charge in [0.25, 0.3) is 0 Å². The van der Waals surface area contributed by atoms with Gasteiger partial charge in [0.1, 0.15) is 0 Å². The van der Waals surface area contributed by atoms with E-state index in [4.69, 9.17) is 11.6 Å². The fourth-order valence-corrected chi connectivity index (χ4v) is 2.88. The molecule has 3 unspecified atom stereocenters. The Labute approximate surface area is 115 Å². The van der Waals surface area contributed by atoms with Crippen LogP contribution >= 0.6 is 11.6 Å². The van der Waals surface area contributed by atoms with Gasteiger partial charge in [0.2, 0.25) is 0 Å². The van der Waals surface area contributed by atoms with Crippen LogP contribution in [0.15, 0.2) is 18.2 Å². The third-order valence-electron chi connectivity index (χ3n) is 4.22. The summed E-state index contributed by atoms with van der Waals surface area (Å²) in [4.78, 5) is 2.44. The Balaban J connectivity index is 2.11. The molecule has 0 aromatic heterocycles. The number of piperidine rings is 1. The zero-order valence-corrected chi connectivity index (χ0v) is 12.5. The number of nitrogens with zero attached hydrogens (tertiary/aromatic N) is 1. The number of benzene rings is 1. The van der Waals surface area contributed by atoms with Gasteiger partial charge in [-0.15, -0.1) is 0 Å². The van der Waals surface area contributed by atoms with Crippen molar-refractivity contribution in [1.29, 1.82) is 0 Å². The molecule has 1 fully saturated rings. The van der Waals surface area contributed by atoms with Crippen LogP contribution in [0.1, 0.15) is 25.8 Å². The highest BCUT2D eigenvalue weighted by molar-refractivity contribution is 6.31. The van der Waals surface area contributed by atoms with E-state index >= 15 is 0 Å². The molecule has 2 nitrogen and oxygen atoms in total. The summed E-state index contributed by atoms with van der Waals surface area (Å²) in [6.07, 6.45) is 1.18. The lowest BCUT2D eigenvalue weighted by Gasteiger charge is -2.40. The van der Waals surface area contributed by atoms with Gasteiger partial charge in [0.15, 0.2) is 0 Å². The number of hydrogen-bond donors (Lipinski definition) is 1. The Kier molecular flexibility index (Phi) is 4.18. The number of likely N-dealkylation sites (tertiary alicyclic amines) is 1. The summed E-state index contributed by atoms with van der Waals surface area (Å²) in [5.74, 6) is 0.657. The van der Waals surface area contributed by atoms with Gasteiger partial charge in [-0.3, -0.25) is 0 Å². The molecular weight excluding hydrogens is 244 g/mol. The second kappa shape index (κ2) is 5.50. The van der Waals surface area contributed by atoms with Crippen LogP contribution in [0.25, 0.3) is 0 Å². The largest absolute Gasteiger partial charge is 0.382 e. The summed E-state index contributed by atoms with van der Waals surface area (Å²) in [6, 6.07) is 7.26. The molecule has 1 aromatic rings. The van der Waals surface area contributed by atoms with Crippen molar-refractivity contribution in [1.82, 2.24) is 4.90 Å². The van der Waals surface area contributed by atoms with Crippen molar-refractivity contribution in [2.24, 2.45) is 5.92 Å². The van der Waals surface area contributed by atoms with Crippen LogP contribution < -0.4 is 5.32 Å². The van der Waals surface area contributed by atoms with Gasteiger partial charge in [-0.1, -0.05) is 24.6 Å². The third kappa shape index (κ3) is 2.81. The second-order valence-electron chi connectivity index (χ2n) is 5.66. The Hall–Kier alpha value is -0.730. The molecule has 0 aliphatic carbocycles. The first-order valence-corrected chi connectivity index (χ1v) is 7.08. The van der Waals surface area contributed by atoms with E-state index in [1.807, 2.05) is 12.1 Å². The molecule has 1 N–H and O–H groups in total. The molecular formula is C15H23ClN2. The second-order valence-corrected chi connectivity index (χ2v) is 6.07. The third-order valence-corrected chi connectivity index (χ3v) is 4.63. The van der Waals surface area contributed by atoms with E-state index in [1.165, 1.54) is 12.1 Å². The minimum atomic E-state index is 0.536. The fraction of sp³-hybridized carbons (Fsp3) is 0.600. The smallest absolute Gasteiger partial charge is 0.0455 e. The molecule has 1 aliphatic heterocycles. The van der Waals surface area contributed by atoms with Gasteiger partial charge in [0, 0.05) is 29.3 Å². The first-order chi connectivity index (χ1) is 8.49. The molecule has 3 atom stereocenters.